The van der Waals surface area contributed by atoms with Gasteiger partial charge < -0.3 is 20.3 Å². The number of piperidine rings is 1. The van der Waals surface area contributed by atoms with E-state index in [0.29, 0.717) is 45.5 Å². The standard InChI is InChI=1S/C28H33F4N5O3/c29-21-13-19(26(39)37-10-1-3-23(37)25(33)38)4-5-20(21)22-14-35-24(15-34-22)40-16-18-6-11-36(12-7-18)17-27(8-2-9-27)28(30,31)32/h4-5,13-15,18,23H,1-3,6-12,16-17H2,(H2,33,38). The SMILES string of the molecule is NC(=O)C1CCCN1C(=O)c1ccc(-c2cnc(OCC3CCN(CC4(C(F)(F)F)CCC4)CC3)cn2)c(F)c1. The van der Waals surface area contributed by atoms with E-state index in [0.717, 1.165) is 18.9 Å². The molecule has 3 heterocycles. The van der Waals surface area contributed by atoms with E-state index < -0.39 is 35.3 Å². The molecule has 2 N–H and O–H groups in total. The number of benzene rings is 1. The molecule has 2 aliphatic heterocycles. The van der Waals surface area contributed by atoms with Gasteiger partial charge in [0, 0.05) is 24.2 Å². The number of primary amides is 1. The van der Waals surface area contributed by atoms with Crippen molar-refractivity contribution in [3.8, 4) is 17.1 Å². The van der Waals surface area contributed by atoms with E-state index in [1.807, 2.05) is 4.90 Å². The third-order valence-electron chi connectivity index (χ3n) is 8.57. The molecule has 2 saturated heterocycles. The molecule has 5 rings (SSSR count). The lowest BCUT2D eigenvalue weighted by atomic mass is 9.67. The first-order valence-electron chi connectivity index (χ1n) is 13.7. The van der Waals surface area contributed by atoms with E-state index in [9.17, 15) is 27.2 Å². The van der Waals surface area contributed by atoms with E-state index in [1.165, 1.54) is 29.4 Å². The Kier molecular flexibility index (Phi) is 7.98. The van der Waals surface area contributed by atoms with Crippen LogP contribution in [0.2, 0.25) is 0 Å². The Balaban J connectivity index is 1.12. The zero-order valence-corrected chi connectivity index (χ0v) is 22.1. The van der Waals surface area contributed by atoms with Gasteiger partial charge in [-0.1, -0.05) is 6.42 Å². The molecular formula is C28H33F4N5O3. The number of likely N-dealkylation sites (tertiary alicyclic amines) is 2. The number of alkyl halides is 3. The van der Waals surface area contributed by atoms with Gasteiger partial charge in [-0.25, -0.2) is 14.4 Å². The summed E-state index contributed by atoms with van der Waals surface area (Å²) in [4.78, 5) is 36.2. The van der Waals surface area contributed by atoms with Crippen LogP contribution in [-0.2, 0) is 4.79 Å². The number of halogens is 4. The van der Waals surface area contributed by atoms with Gasteiger partial charge >= 0.3 is 6.18 Å². The van der Waals surface area contributed by atoms with Crippen molar-refractivity contribution < 1.29 is 31.9 Å². The van der Waals surface area contributed by atoms with Crippen LogP contribution in [0.15, 0.2) is 30.6 Å². The van der Waals surface area contributed by atoms with Crippen LogP contribution in [0.3, 0.4) is 0 Å². The Labute approximate surface area is 229 Å². The molecule has 0 spiro atoms. The third kappa shape index (κ3) is 5.77. The quantitative estimate of drug-likeness (QED) is 0.484. The predicted octanol–water partition coefficient (Wildman–Crippen LogP) is 4.20. The van der Waals surface area contributed by atoms with Crippen LogP contribution in [0.4, 0.5) is 17.6 Å². The van der Waals surface area contributed by atoms with Crippen LogP contribution in [-0.4, -0.2) is 76.6 Å². The molecule has 12 heteroatoms. The van der Waals surface area contributed by atoms with Crippen LogP contribution in [0.25, 0.3) is 11.3 Å². The number of aromatic nitrogens is 2. The van der Waals surface area contributed by atoms with Crippen molar-refractivity contribution in [1.29, 1.82) is 0 Å². The highest BCUT2D eigenvalue weighted by molar-refractivity contribution is 5.98. The lowest BCUT2D eigenvalue weighted by Crippen LogP contribution is -2.53. The molecule has 3 fully saturated rings. The van der Waals surface area contributed by atoms with Gasteiger partial charge in [0.25, 0.3) is 5.91 Å². The van der Waals surface area contributed by atoms with E-state index in [2.05, 4.69) is 9.97 Å². The number of nitrogens with zero attached hydrogens (tertiary/aromatic N) is 4. The number of ether oxygens (including phenoxy) is 1. The fourth-order valence-electron chi connectivity index (χ4n) is 5.93. The first kappa shape index (κ1) is 28.3. The molecule has 1 saturated carbocycles. The Morgan fingerprint density at radius 1 is 1.05 bits per heavy atom. The number of nitrogens with two attached hydrogens (primary N) is 1. The lowest BCUT2D eigenvalue weighted by molar-refractivity contribution is -0.256. The van der Waals surface area contributed by atoms with Crippen molar-refractivity contribution >= 4 is 11.8 Å². The van der Waals surface area contributed by atoms with Gasteiger partial charge in [-0.15, -0.1) is 0 Å². The third-order valence-corrected chi connectivity index (χ3v) is 8.57. The summed E-state index contributed by atoms with van der Waals surface area (Å²) < 4.78 is 61.2. The maximum Gasteiger partial charge on any atom is 0.395 e. The summed E-state index contributed by atoms with van der Waals surface area (Å²) in [6.07, 6.45) is 2.35. The molecule has 1 aromatic heterocycles. The second-order valence-electron chi connectivity index (χ2n) is 11.2. The second kappa shape index (κ2) is 11.3. The van der Waals surface area contributed by atoms with Crippen LogP contribution >= 0.6 is 0 Å². The Hall–Kier alpha value is -3.28. The normalized spacial score (nSPS) is 21.7. The number of hydrogen-bond donors (Lipinski definition) is 1. The zero-order chi connectivity index (χ0) is 28.5. The summed E-state index contributed by atoms with van der Waals surface area (Å²) in [6.45, 7) is 2.06. The van der Waals surface area contributed by atoms with E-state index in [1.54, 1.807) is 0 Å². The lowest BCUT2D eigenvalue weighted by Gasteiger charge is -2.47. The Morgan fingerprint density at radius 2 is 1.80 bits per heavy atom. The maximum atomic E-state index is 14.9. The summed E-state index contributed by atoms with van der Waals surface area (Å²) in [5.74, 6) is -1.20. The van der Waals surface area contributed by atoms with Gasteiger partial charge in [0.05, 0.1) is 30.1 Å². The Morgan fingerprint density at radius 3 is 2.38 bits per heavy atom. The first-order chi connectivity index (χ1) is 19.1. The molecular weight excluding hydrogens is 530 g/mol. The van der Waals surface area contributed by atoms with Crippen LogP contribution < -0.4 is 10.5 Å². The van der Waals surface area contributed by atoms with E-state index in [-0.39, 0.29) is 48.0 Å². The molecule has 1 atom stereocenters. The van der Waals surface area contributed by atoms with Crippen molar-refractivity contribution in [2.45, 2.75) is 57.2 Å². The first-order valence-corrected chi connectivity index (χ1v) is 13.7. The summed E-state index contributed by atoms with van der Waals surface area (Å²) in [5.41, 5.74) is 4.40. The van der Waals surface area contributed by atoms with Gasteiger partial charge in [-0.2, -0.15) is 13.2 Å². The zero-order valence-electron chi connectivity index (χ0n) is 22.1. The van der Waals surface area contributed by atoms with E-state index >= 15 is 0 Å². The molecule has 0 radical (unpaired) electrons. The van der Waals surface area contributed by atoms with Crippen LogP contribution in [0, 0.1) is 17.2 Å². The van der Waals surface area contributed by atoms with Gasteiger partial charge in [0.1, 0.15) is 11.9 Å². The summed E-state index contributed by atoms with van der Waals surface area (Å²) in [5, 5.41) is 0. The summed E-state index contributed by atoms with van der Waals surface area (Å²) in [6, 6.07) is 3.36. The highest BCUT2D eigenvalue weighted by Crippen LogP contribution is 2.53. The predicted molar refractivity (Wildman–Crippen MR) is 138 cm³/mol. The molecule has 2 aromatic rings. The minimum atomic E-state index is -4.15. The van der Waals surface area contributed by atoms with E-state index in [4.69, 9.17) is 10.5 Å². The molecule has 3 aliphatic rings. The minimum absolute atomic E-state index is 0.0782. The molecule has 8 nitrogen and oxygen atoms in total. The topological polar surface area (TPSA) is 102 Å². The number of carbonyl (C=O) groups excluding carboxylic acids is 2. The Bertz CT molecular complexity index is 1230. The molecule has 40 heavy (non-hydrogen) atoms. The van der Waals surface area contributed by atoms with Gasteiger partial charge in [-0.3, -0.25) is 9.59 Å². The number of hydrogen-bond acceptors (Lipinski definition) is 6. The number of carbonyl (C=O) groups is 2. The molecule has 216 valence electrons. The maximum absolute atomic E-state index is 14.9. The van der Waals surface area contributed by atoms with Crippen molar-refractivity contribution in [1.82, 2.24) is 19.8 Å². The van der Waals surface area contributed by atoms with Crippen molar-refractivity contribution in [2.24, 2.45) is 17.1 Å². The molecule has 2 amide bonds. The summed E-state index contributed by atoms with van der Waals surface area (Å²) >= 11 is 0. The number of amides is 2. The van der Waals surface area contributed by atoms with Crippen LogP contribution in [0.5, 0.6) is 5.88 Å². The van der Waals surface area contributed by atoms with Gasteiger partial charge in [0.2, 0.25) is 11.8 Å². The average Bonchev–Trinajstić information content (AvgIpc) is 3.40. The molecule has 1 aliphatic carbocycles. The minimum Gasteiger partial charge on any atom is -0.476 e. The highest BCUT2D eigenvalue weighted by Gasteiger charge is 2.58. The number of rotatable bonds is 8. The van der Waals surface area contributed by atoms with Crippen LogP contribution in [0.1, 0.15) is 55.3 Å². The highest BCUT2D eigenvalue weighted by atomic mass is 19.4. The summed E-state index contributed by atoms with van der Waals surface area (Å²) in [7, 11) is 0. The van der Waals surface area contributed by atoms with Crippen molar-refractivity contribution in [3.05, 3.63) is 42.0 Å². The molecule has 0 bridgehead atoms. The average molecular weight is 564 g/mol. The van der Waals surface area contributed by atoms with Crippen molar-refractivity contribution in [2.75, 3.05) is 32.8 Å². The largest absolute Gasteiger partial charge is 0.476 e. The van der Waals surface area contributed by atoms with Gasteiger partial charge in [0.15, 0.2) is 0 Å². The smallest absolute Gasteiger partial charge is 0.395 e. The monoisotopic (exact) mass is 563 g/mol. The molecule has 1 aromatic carbocycles. The fraction of sp³-hybridized carbons (Fsp3) is 0.571. The van der Waals surface area contributed by atoms with Crippen molar-refractivity contribution in [3.63, 3.8) is 0 Å². The molecule has 1 unspecified atom stereocenters. The van der Waals surface area contributed by atoms with Gasteiger partial charge in [-0.05, 0) is 75.7 Å². The fourth-order valence-corrected chi connectivity index (χ4v) is 5.93. The second-order valence-corrected chi connectivity index (χ2v) is 11.2.